The SMILES string of the molecule is CC(C)(CCC(O)CCCC(O)CCC(C)(C)Cc1cocc(O)c1=O)Cc1cc(=O)c(O)co1. The van der Waals surface area contributed by atoms with Gasteiger partial charge in [-0.2, -0.15) is 0 Å². The summed E-state index contributed by atoms with van der Waals surface area (Å²) < 4.78 is 10.3. The second-order valence-electron chi connectivity index (χ2n) is 11.2. The van der Waals surface area contributed by atoms with Gasteiger partial charge in [-0.1, -0.05) is 27.7 Å². The number of hydrogen-bond acceptors (Lipinski definition) is 8. The van der Waals surface area contributed by atoms with E-state index in [9.17, 15) is 30.0 Å². The highest BCUT2D eigenvalue weighted by molar-refractivity contribution is 5.21. The highest BCUT2D eigenvalue weighted by Crippen LogP contribution is 2.30. The molecule has 0 saturated carbocycles. The zero-order valence-electron chi connectivity index (χ0n) is 21.2. The molecule has 196 valence electrons. The standard InChI is InChI=1S/C27H40O8/c1-26(2,13-18-15-34-16-24(32)25(18)33)10-8-19(28)6-5-7-20(29)9-11-27(3,4)14-21-12-22(30)23(31)17-35-21/h12,15-17,19-20,28-29,31-32H,5-11,13-14H2,1-4H3. The van der Waals surface area contributed by atoms with E-state index in [1.807, 2.05) is 27.7 Å². The van der Waals surface area contributed by atoms with Crippen molar-refractivity contribution in [3.8, 4) is 11.5 Å². The van der Waals surface area contributed by atoms with Crippen LogP contribution in [0.2, 0.25) is 0 Å². The Kier molecular flexibility index (Phi) is 10.2. The number of aliphatic hydroxyl groups is 2. The molecule has 0 saturated heterocycles. The first kappa shape index (κ1) is 28.7. The minimum Gasteiger partial charge on any atom is -0.502 e. The molecular formula is C27H40O8. The molecule has 0 aromatic carbocycles. The molecule has 2 unspecified atom stereocenters. The zero-order valence-corrected chi connectivity index (χ0v) is 21.2. The van der Waals surface area contributed by atoms with Crippen LogP contribution >= 0.6 is 0 Å². The normalized spacial score (nSPS) is 14.1. The van der Waals surface area contributed by atoms with Crippen LogP contribution < -0.4 is 10.9 Å². The number of aliphatic hydroxyl groups excluding tert-OH is 2. The molecule has 2 atom stereocenters. The molecule has 2 aromatic heterocycles. The first-order chi connectivity index (χ1) is 16.3. The van der Waals surface area contributed by atoms with Crippen LogP contribution in [0.4, 0.5) is 0 Å². The zero-order chi connectivity index (χ0) is 26.2. The molecule has 2 heterocycles. The van der Waals surface area contributed by atoms with Crippen molar-refractivity contribution in [2.75, 3.05) is 0 Å². The molecular weight excluding hydrogens is 452 g/mol. The maximum atomic E-state index is 12.0. The Morgan fingerprint density at radius 1 is 0.800 bits per heavy atom. The lowest BCUT2D eigenvalue weighted by molar-refractivity contribution is 0.106. The minimum atomic E-state index is -0.490. The van der Waals surface area contributed by atoms with Gasteiger partial charge in [0, 0.05) is 18.1 Å². The fourth-order valence-corrected chi connectivity index (χ4v) is 4.27. The summed E-state index contributed by atoms with van der Waals surface area (Å²) in [6.07, 6.45) is 7.94. The van der Waals surface area contributed by atoms with Crippen LogP contribution in [0.1, 0.15) is 84.0 Å². The van der Waals surface area contributed by atoms with Crippen LogP contribution in [0.5, 0.6) is 11.5 Å². The fraction of sp³-hybridized carbons (Fsp3) is 0.630. The van der Waals surface area contributed by atoms with Gasteiger partial charge < -0.3 is 29.3 Å². The van der Waals surface area contributed by atoms with Crippen molar-refractivity contribution in [1.29, 1.82) is 0 Å². The molecule has 0 fully saturated rings. The van der Waals surface area contributed by atoms with E-state index < -0.39 is 34.6 Å². The summed E-state index contributed by atoms with van der Waals surface area (Å²) in [6, 6.07) is 1.30. The molecule has 0 spiro atoms. The Bertz CT molecular complexity index is 1050. The summed E-state index contributed by atoms with van der Waals surface area (Å²) in [7, 11) is 0. The highest BCUT2D eigenvalue weighted by atomic mass is 16.4. The van der Waals surface area contributed by atoms with Crippen molar-refractivity contribution in [3.05, 3.63) is 56.6 Å². The van der Waals surface area contributed by atoms with Crippen LogP contribution in [0.15, 0.2) is 43.3 Å². The van der Waals surface area contributed by atoms with Gasteiger partial charge in [-0.05, 0) is 62.2 Å². The first-order valence-corrected chi connectivity index (χ1v) is 12.2. The summed E-state index contributed by atoms with van der Waals surface area (Å²) in [4.78, 5) is 23.6. The van der Waals surface area contributed by atoms with E-state index in [1.54, 1.807) is 0 Å². The van der Waals surface area contributed by atoms with Crippen molar-refractivity contribution >= 4 is 0 Å². The van der Waals surface area contributed by atoms with E-state index in [0.29, 0.717) is 62.7 Å². The maximum absolute atomic E-state index is 12.0. The predicted molar refractivity (Wildman–Crippen MR) is 133 cm³/mol. The molecule has 0 aliphatic heterocycles. The van der Waals surface area contributed by atoms with Crippen LogP contribution in [0.25, 0.3) is 0 Å². The Morgan fingerprint density at radius 3 is 1.94 bits per heavy atom. The fourth-order valence-electron chi connectivity index (χ4n) is 4.27. The molecule has 0 bridgehead atoms. The van der Waals surface area contributed by atoms with Crippen LogP contribution in [0, 0.1) is 10.8 Å². The second-order valence-corrected chi connectivity index (χ2v) is 11.2. The average Bonchev–Trinajstić information content (AvgIpc) is 2.76. The number of rotatable bonds is 14. The van der Waals surface area contributed by atoms with Gasteiger partial charge in [0.05, 0.1) is 18.5 Å². The lowest BCUT2D eigenvalue weighted by Gasteiger charge is -2.26. The molecule has 4 N–H and O–H groups in total. The Balaban J connectivity index is 1.69. The maximum Gasteiger partial charge on any atom is 0.229 e. The number of hydrogen-bond donors (Lipinski definition) is 4. The number of aromatic hydroxyl groups is 2. The van der Waals surface area contributed by atoms with E-state index in [2.05, 4.69) is 0 Å². The minimum absolute atomic E-state index is 0.189. The van der Waals surface area contributed by atoms with E-state index in [0.717, 1.165) is 18.9 Å². The summed E-state index contributed by atoms with van der Waals surface area (Å²) in [5.41, 5.74) is -0.900. The summed E-state index contributed by atoms with van der Waals surface area (Å²) in [5.74, 6) is -0.299. The van der Waals surface area contributed by atoms with Crippen molar-refractivity contribution < 1.29 is 29.3 Å². The molecule has 2 rings (SSSR count). The molecule has 8 nitrogen and oxygen atoms in total. The van der Waals surface area contributed by atoms with Crippen LogP contribution in [-0.2, 0) is 12.8 Å². The van der Waals surface area contributed by atoms with Gasteiger partial charge in [-0.25, -0.2) is 0 Å². The Hall–Kier alpha value is -2.58. The molecule has 0 amide bonds. The lowest BCUT2D eigenvalue weighted by atomic mass is 9.80. The third-order valence-electron chi connectivity index (χ3n) is 6.49. The second kappa shape index (κ2) is 12.4. The van der Waals surface area contributed by atoms with Crippen LogP contribution in [0.3, 0.4) is 0 Å². The van der Waals surface area contributed by atoms with E-state index in [-0.39, 0.29) is 10.8 Å². The summed E-state index contributed by atoms with van der Waals surface area (Å²) >= 11 is 0. The van der Waals surface area contributed by atoms with E-state index >= 15 is 0 Å². The van der Waals surface area contributed by atoms with Gasteiger partial charge in [0.15, 0.2) is 11.5 Å². The molecule has 0 radical (unpaired) electrons. The largest absolute Gasteiger partial charge is 0.502 e. The van der Waals surface area contributed by atoms with Crippen molar-refractivity contribution in [2.24, 2.45) is 10.8 Å². The Labute approximate surface area is 206 Å². The summed E-state index contributed by atoms with van der Waals surface area (Å²) in [5, 5.41) is 39.6. The molecule has 8 heteroatoms. The van der Waals surface area contributed by atoms with Crippen molar-refractivity contribution in [1.82, 2.24) is 0 Å². The third kappa shape index (κ3) is 9.90. The van der Waals surface area contributed by atoms with Gasteiger partial charge in [0.2, 0.25) is 10.9 Å². The van der Waals surface area contributed by atoms with E-state index in [4.69, 9.17) is 8.83 Å². The first-order valence-electron chi connectivity index (χ1n) is 12.2. The smallest absolute Gasteiger partial charge is 0.229 e. The van der Waals surface area contributed by atoms with Gasteiger partial charge in [0.25, 0.3) is 0 Å². The van der Waals surface area contributed by atoms with Gasteiger partial charge in [-0.3, -0.25) is 9.59 Å². The van der Waals surface area contributed by atoms with Crippen molar-refractivity contribution in [3.63, 3.8) is 0 Å². The monoisotopic (exact) mass is 492 g/mol. The molecule has 0 aliphatic rings. The van der Waals surface area contributed by atoms with Gasteiger partial charge in [-0.15, -0.1) is 0 Å². The molecule has 2 aromatic rings. The quantitative estimate of drug-likeness (QED) is 0.306. The van der Waals surface area contributed by atoms with E-state index in [1.165, 1.54) is 12.3 Å². The van der Waals surface area contributed by atoms with Crippen molar-refractivity contribution in [2.45, 2.75) is 97.7 Å². The van der Waals surface area contributed by atoms with Gasteiger partial charge >= 0.3 is 0 Å². The highest BCUT2D eigenvalue weighted by Gasteiger charge is 2.24. The molecule has 35 heavy (non-hydrogen) atoms. The molecule has 0 aliphatic carbocycles. The average molecular weight is 493 g/mol. The topological polar surface area (TPSA) is 141 Å². The lowest BCUT2D eigenvalue weighted by Crippen LogP contribution is -2.22. The van der Waals surface area contributed by atoms with Crippen LogP contribution in [-0.4, -0.2) is 32.6 Å². The Morgan fingerprint density at radius 2 is 1.37 bits per heavy atom. The third-order valence-corrected chi connectivity index (χ3v) is 6.49. The predicted octanol–water partition coefficient (Wildman–Crippen LogP) is 4.29. The summed E-state index contributed by atoms with van der Waals surface area (Å²) in [6.45, 7) is 8.10. The van der Waals surface area contributed by atoms with Gasteiger partial charge in [0.1, 0.15) is 18.3 Å².